The van der Waals surface area contributed by atoms with E-state index in [-0.39, 0.29) is 19.1 Å². The molecule has 0 aromatic heterocycles. The van der Waals surface area contributed by atoms with Gasteiger partial charge in [-0.1, -0.05) is 257 Å². The van der Waals surface area contributed by atoms with Gasteiger partial charge in [-0.25, -0.2) is 0 Å². The number of unbranched alkanes of at least 4 members (excludes halogenated alkanes) is 38. The van der Waals surface area contributed by atoms with Gasteiger partial charge < -0.3 is 28.8 Å². The third-order valence-electron chi connectivity index (χ3n) is 13.3. The first kappa shape index (κ1) is 64.2. The van der Waals surface area contributed by atoms with Gasteiger partial charge in [0.15, 0.2) is 0 Å². The van der Waals surface area contributed by atoms with Crippen LogP contribution in [0.2, 0.25) is 0 Å². The number of hydrogen-bond acceptors (Lipinski definition) is 6. The van der Waals surface area contributed by atoms with E-state index in [4.69, 9.17) is 9.05 Å². The molecule has 0 aromatic carbocycles. The zero-order valence-electron chi connectivity index (χ0n) is 44.2. The maximum Gasteiger partial charge on any atom is 0.268 e. The summed E-state index contributed by atoms with van der Waals surface area (Å²) in [4.78, 5) is 25.5. The van der Waals surface area contributed by atoms with Crippen molar-refractivity contribution in [1.82, 2.24) is 5.32 Å². The number of allylic oxidation sites excluding steroid dienone is 2. The van der Waals surface area contributed by atoms with Crippen LogP contribution in [0.15, 0.2) is 12.2 Å². The summed E-state index contributed by atoms with van der Waals surface area (Å²) in [5, 5.41) is 14.0. The molecule has 0 aliphatic heterocycles. The lowest BCUT2D eigenvalue weighted by Crippen LogP contribution is -2.46. The molecule has 3 unspecified atom stereocenters. The second kappa shape index (κ2) is 48.3. The molecule has 9 heteroatoms. The summed E-state index contributed by atoms with van der Waals surface area (Å²) in [6, 6.07) is -0.799. The minimum Gasteiger partial charge on any atom is -0.756 e. The number of carbonyl (C=O) groups is 1. The van der Waals surface area contributed by atoms with Crippen LogP contribution in [0, 0.1) is 0 Å². The first-order valence-corrected chi connectivity index (χ1v) is 30.0. The lowest BCUT2D eigenvalue weighted by Gasteiger charge is -2.30. The van der Waals surface area contributed by atoms with Gasteiger partial charge in [0, 0.05) is 6.42 Å². The minimum absolute atomic E-state index is 0.0143. The topological polar surface area (TPSA) is 108 Å². The fourth-order valence-corrected chi connectivity index (χ4v) is 9.47. The van der Waals surface area contributed by atoms with Crippen molar-refractivity contribution in [2.45, 2.75) is 302 Å². The average molecular weight is 942 g/mol. The predicted molar refractivity (Wildman–Crippen MR) is 279 cm³/mol. The number of phosphoric ester groups is 1. The lowest BCUT2D eigenvalue weighted by atomic mass is 10.0. The molecule has 1 amide bonds. The van der Waals surface area contributed by atoms with E-state index in [9.17, 15) is 19.4 Å². The van der Waals surface area contributed by atoms with Gasteiger partial charge in [0.25, 0.3) is 7.82 Å². The van der Waals surface area contributed by atoms with Crippen molar-refractivity contribution in [2.75, 3.05) is 40.9 Å². The van der Waals surface area contributed by atoms with E-state index in [1.54, 1.807) is 0 Å². The van der Waals surface area contributed by atoms with Crippen LogP contribution >= 0.6 is 7.82 Å². The second-order valence-electron chi connectivity index (χ2n) is 21.0. The summed E-state index contributed by atoms with van der Waals surface area (Å²) in [7, 11) is 1.32. The van der Waals surface area contributed by atoms with Crippen LogP contribution in [-0.4, -0.2) is 68.5 Å². The van der Waals surface area contributed by atoms with Crippen molar-refractivity contribution in [1.29, 1.82) is 0 Å². The second-order valence-corrected chi connectivity index (χ2v) is 22.4. The number of aliphatic hydroxyl groups excluding tert-OH is 1. The van der Waals surface area contributed by atoms with Gasteiger partial charge in [-0.2, -0.15) is 0 Å². The van der Waals surface area contributed by atoms with Crippen molar-refractivity contribution in [3.05, 3.63) is 12.2 Å². The van der Waals surface area contributed by atoms with Crippen LogP contribution in [0.25, 0.3) is 0 Å². The number of phosphoric acid groups is 1. The highest BCUT2D eigenvalue weighted by molar-refractivity contribution is 7.45. The van der Waals surface area contributed by atoms with E-state index in [1.807, 2.05) is 21.1 Å². The Morgan fingerprint density at radius 1 is 0.523 bits per heavy atom. The average Bonchev–Trinajstić information content (AvgIpc) is 3.26. The number of likely N-dealkylation sites (N-methyl/N-ethyl adjacent to an activating group) is 1. The zero-order chi connectivity index (χ0) is 47.8. The van der Waals surface area contributed by atoms with Gasteiger partial charge in [-0.15, -0.1) is 0 Å². The van der Waals surface area contributed by atoms with E-state index >= 15 is 0 Å². The fraction of sp³-hybridized carbons (Fsp3) is 0.946. The van der Waals surface area contributed by atoms with Crippen LogP contribution < -0.4 is 10.2 Å². The maximum absolute atomic E-state index is 13.0. The summed E-state index contributed by atoms with van der Waals surface area (Å²) in [6.07, 6.45) is 58.1. The molecule has 0 saturated carbocycles. The lowest BCUT2D eigenvalue weighted by molar-refractivity contribution is -0.870. The number of aliphatic hydroxyl groups is 1. The molecule has 0 aliphatic carbocycles. The molecule has 0 bridgehead atoms. The largest absolute Gasteiger partial charge is 0.756 e. The van der Waals surface area contributed by atoms with Crippen LogP contribution in [0.4, 0.5) is 0 Å². The molecule has 65 heavy (non-hydrogen) atoms. The maximum atomic E-state index is 13.0. The number of nitrogens with zero attached hydrogens (tertiary/aromatic N) is 1. The van der Waals surface area contributed by atoms with Crippen molar-refractivity contribution in [3.8, 4) is 0 Å². The third-order valence-corrected chi connectivity index (χ3v) is 14.2. The molecule has 0 aliphatic rings. The molecular formula is C56H113N2O6P. The molecule has 0 spiro atoms. The number of hydrogen-bond donors (Lipinski definition) is 2. The molecule has 0 rings (SSSR count). The van der Waals surface area contributed by atoms with E-state index in [2.05, 4.69) is 31.3 Å². The van der Waals surface area contributed by atoms with Crippen molar-refractivity contribution >= 4 is 13.7 Å². The van der Waals surface area contributed by atoms with Gasteiger partial charge in [0.05, 0.1) is 39.9 Å². The SMILES string of the molecule is CCCCCCCC/C=C\CCCCCCCCCCCC(=O)NC(COP(=O)([O-])OCC[N+](C)(C)C)C(O)CCCCCCCCCCCCCCCCCCCCCCCCCC. The monoisotopic (exact) mass is 941 g/mol. The van der Waals surface area contributed by atoms with Gasteiger partial charge in [-0.05, 0) is 38.5 Å². The molecular weight excluding hydrogens is 828 g/mol. The van der Waals surface area contributed by atoms with Gasteiger partial charge in [0.2, 0.25) is 5.91 Å². The summed E-state index contributed by atoms with van der Waals surface area (Å²) in [5.41, 5.74) is 0. The minimum atomic E-state index is -4.57. The highest BCUT2D eigenvalue weighted by atomic mass is 31.2. The summed E-state index contributed by atoms with van der Waals surface area (Å²) < 4.78 is 23.4. The highest BCUT2D eigenvalue weighted by Gasteiger charge is 2.24. The first-order valence-electron chi connectivity index (χ1n) is 28.5. The molecule has 388 valence electrons. The van der Waals surface area contributed by atoms with Gasteiger partial charge in [0.1, 0.15) is 13.2 Å². The number of quaternary nitrogens is 1. The third kappa shape index (κ3) is 50.9. The van der Waals surface area contributed by atoms with Crippen molar-refractivity contribution in [3.63, 3.8) is 0 Å². The Balaban J connectivity index is 4.15. The number of carbonyl (C=O) groups excluding carboxylic acids is 1. The molecule has 0 aromatic rings. The molecule has 2 N–H and O–H groups in total. The molecule has 0 saturated heterocycles. The van der Waals surface area contributed by atoms with E-state index in [0.29, 0.717) is 23.9 Å². The first-order chi connectivity index (χ1) is 31.5. The normalized spacial score (nSPS) is 14.0. The number of amides is 1. The van der Waals surface area contributed by atoms with Crippen molar-refractivity contribution < 1.29 is 32.9 Å². The van der Waals surface area contributed by atoms with E-state index in [1.165, 1.54) is 225 Å². The Hall–Kier alpha value is -0.760. The summed E-state index contributed by atoms with van der Waals surface area (Å²) in [6.45, 7) is 4.76. The smallest absolute Gasteiger partial charge is 0.268 e. The molecule has 3 atom stereocenters. The standard InChI is InChI=1S/C56H113N2O6P/c1-6-8-10-12-14-16-18-20-22-24-26-27-28-29-30-32-33-35-37-39-41-43-45-47-49-55(59)54(53-64-65(61,62)63-52-51-58(3,4)5)57-56(60)50-48-46-44-42-40-38-36-34-31-25-23-21-19-17-15-13-11-9-7-2/h21,23,54-55,59H,6-20,22,24-53H2,1-5H3,(H-,57,60,61,62)/b23-21-. The van der Waals surface area contributed by atoms with Crippen LogP contribution in [-0.2, 0) is 18.4 Å². The summed E-state index contributed by atoms with van der Waals surface area (Å²) >= 11 is 0. The molecule has 0 radical (unpaired) electrons. The number of nitrogens with one attached hydrogen (secondary N) is 1. The molecule has 0 fully saturated rings. The van der Waals surface area contributed by atoms with Crippen LogP contribution in [0.5, 0.6) is 0 Å². The van der Waals surface area contributed by atoms with E-state index < -0.39 is 20.0 Å². The van der Waals surface area contributed by atoms with Crippen LogP contribution in [0.3, 0.4) is 0 Å². The quantitative estimate of drug-likeness (QED) is 0.0272. The predicted octanol–water partition coefficient (Wildman–Crippen LogP) is 16.4. The van der Waals surface area contributed by atoms with Crippen molar-refractivity contribution in [2.24, 2.45) is 0 Å². The van der Waals surface area contributed by atoms with E-state index in [0.717, 1.165) is 38.5 Å². The Kier molecular flexibility index (Phi) is 47.7. The van der Waals surface area contributed by atoms with Crippen LogP contribution in [0.1, 0.15) is 290 Å². The number of rotatable bonds is 53. The molecule has 8 nitrogen and oxygen atoms in total. The highest BCUT2D eigenvalue weighted by Crippen LogP contribution is 2.38. The fourth-order valence-electron chi connectivity index (χ4n) is 8.74. The Morgan fingerprint density at radius 3 is 1.20 bits per heavy atom. The Bertz CT molecular complexity index is 1070. The van der Waals surface area contributed by atoms with Gasteiger partial charge in [-0.3, -0.25) is 9.36 Å². The Morgan fingerprint density at radius 2 is 0.846 bits per heavy atom. The zero-order valence-corrected chi connectivity index (χ0v) is 45.1. The molecule has 0 heterocycles. The Labute approximate surface area is 405 Å². The van der Waals surface area contributed by atoms with Gasteiger partial charge >= 0.3 is 0 Å². The summed E-state index contributed by atoms with van der Waals surface area (Å²) in [5.74, 6) is -0.162.